The highest BCUT2D eigenvalue weighted by Crippen LogP contribution is 2.40. The molecule has 0 aromatic heterocycles. The number of unbranched alkanes of at least 4 members (excludes halogenated alkanes) is 1. The summed E-state index contributed by atoms with van der Waals surface area (Å²) in [6.07, 6.45) is 1.96. The van der Waals surface area contributed by atoms with Crippen LogP contribution in [-0.4, -0.2) is 66.5 Å². The van der Waals surface area contributed by atoms with Gasteiger partial charge < -0.3 is 24.4 Å². The second-order valence-corrected chi connectivity index (χ2v) is 8.52. The Morgan fingerprint density at radius 2 is 1.74 bits per heavy atom. The zero-order valence-corrected chi connectivity index (χ0v) is 21.1. The van der Waals surface area contributed by atoms with E-state index in [2.05, 4.69) is 25.7 Å². The number of hydrogen-bond acceptors (Lipinski definition) is 6. The van der Waals surface area contributed by atoms with Crippen LogP contribution in [0.1, 0.15) is 50.8 Å². The van der Waals surface area contributed by atoms with Gasteiger partial charge in [0, 0.05) is 18.7 Å². The lowest BCUT2D eigenvalue weighted by atomic mass is 9.95. The molecule has 1 aliphatic rings. The molecule has 1 unspecified atom stereocenters. The molecule has 1 amide bonds. The summed E-state index contributed by atoms with van der Waals surface area (Å²) in [7, 11) is 1.56. The topological polar surface area (TPSA) is 79.3 Å². The van der Waals surface area contributed by atoms with Crippen LogP contribution in [0.2, 0.25) is 0 Å². The number of rotatable bonds is 12. The third-order valence-corrected chi connectivity index (χ3v) is 6.40. The van der Waals surface area contributed by atoms with Gasteiger partial charge in [-0.15, -0.1) is 0 Å². The van der Waals surface area contributed by atoms with Crippen LogP contribution in [0, 0.1) is 0 Å². The molecule has 2 aromatic rings. The molecule has 35 heavy (non-hydrogen) atoms. The van der Waals surface area contributed by atoms with Gasteiger partial charge in [0.25, 0.3) is 11.7 Å². The number of Topliss-reactive ketones (excluding diaryl/α,β-unsaturated/α-hetero) is 1. The Labute approximate surface area is 207 Å². The summed E-state index contributed by atoms with van der Waals surface area (Å²) in [5, 5.41) is 11.2. The van der Waals surface area contributed by atoms with Crippen molar-refractivity contribution in [1.29, 1.82) is 0 Å². The molecule has 1 atom stereocenters. The minimum atomic E-state index is -0.706. The van der Waals surface area contributed by atoms with Crippen molar-refractivity contribution in [3.05, 3.63) is 65.2 Å². The maximum atomic E-state index is 13.2. The minimum Gasteiger partial charge on any atom is -0.507 e. The number of amides is 1. The van der Waals surface area contributed by atoms with Crippen LogP contribution in [0.25, 0.3) is 5.76 Å². The molecule has 1 saturated heterocycles. The van der Waals surface area contributed by atoms with Gasteiger partial charge in [-0.1, -0.05) is 39.3 Å². The fourth-order valence-electron chi connectivity index (χ4n) is 4.26. The average Bonchev–Trinajstić information content (AvgIpc) is 3.14. The summed E-state index contributed by atoms with van der Waals surface area (Å²) < 4.78 is 11.1. The van der Waals surface area contributed by atoms with Gasteiger partial charge in [-0.3, -0.25) is 9.59 Å². The monoisotopic (exact) mass is 480 g/mol. The van der Waals surface area contributed by atoms with Crippen molar-refractivity contribution in [2.75, 3.05) is 39.9 Å². The molecule has 2 aromatic carbocycles. The second kappa shape index (κ2) is 12.4. The average molecular weight is 481 g/mol. The molecule has 1 fully saturated rings. The van der Waals surface area contributed by atoms with Crippen molar-refractivity contribution >= 4 is 17.4 Å². The SMILES string of the molecule is CCCCOc1cccc(C2/C(=C(\O)c3ccc(OC)cc3)C(=O)C(=O)N2CCN(CC)CC)c1. The second-order valence-electron chi connectivity index (χ2n) is 8.52. The predicted octanol–water partition coefficient (Wildman–Crippen LogP) is 4.64. The number of carbonyl (C=O) groups is 2. The lowest BCUT2D eigenvalue weighted by Crippen LogP contribution is -2.38. The molecule has 0 radical (unpaired) electrons. The number of methoxy groups -OCH3 is 1. The summed E-state index contributed by atoms with van der Waals surface area (Å²) in [6.45, 7) is 9.51. The number of aliphatic hydroxyl groups is 1. The highest BCUT2D eigenvalue weighted by Gasteiger charge is 2.46. The Kier molecular flexibility index (Phi) is 9.32. The normalized spacial score (nSPS) is 17.3. The minimum absolute atomic E-state index is 0.0884. The quantitative estimate of drug-likeness (QED) is 0.206. The standard InChI is InChI=1S/C28H36N2O5/c1-5-8-18-35-23-11-9-10-21(19-23)25-24(26(31)20-12-14-22(34-4)15-13-20)27(32)28(33)30(25)17-16-29(6-2)7-3/h9-15,19,25,31H,5-8,16-18H2,1-4H3/b26-24+. The maximum Gasteiger partial charge on any atom is 0.295 e. The van der Waals surface area contributed by atoms with E-state index in [0.717, 1.165) is 31.5 Å². The first-order valence-electron chi connectivity index (χ1n) is 12.3. The first-order valence-corrected chi connectivity index (χ1v) is 12.3. The van der Waals surface area contributed by atoms with Gasteiger partial charge in [-0.2, -0.15) is 0 Å². The maximum absolute atomic E-state index is 13.2. The molecule has 0 saturated carbocycles. The van der Waals surface area contributed by atoms with Crippen LogP contribution in [0.15, 0.2) is 54.1 Å². The molecule has 0 bridgehead atoms. The van der Waals surface area contributed by atoms with Crippen molar-refractivity contribution in [3.63, 3.8) is 0 Å². The third-order valence-electron chi connectivity index (χ3n) is 6.40. The molecule has 0 spiro atoms. The van der Waals surface area contributed by atoms with Crippen molar-refractivity contribution in [2.24, 2.45) is 0 Å². The first-order chi connectivity index (χ1) is 16.9. The molecule has 188 valence electrons. The van der Waals surface area contributed by atoms with E-state index in [1.54, 1.807) is 36.3 Å². The summed E-state index contributed by atoms with van der Waals surface area (Å²) >= 11 is 0. The Hall–Kier alpha value is -3.32. The summed E-state index contributed by atoms with van der Waals surface area (Å²) in [4.78, 5) is 30.2. The van der Waals surface area contributed by atoms with Gasteiger partial charge in [0.05, 0.1) is 25.3 Å². The highest BCUT2D eigenvalue weighted by molar-refractivity contribution is 6.46. The van der Waals surface area contributed by atoms with Crippen LogP contribution < -0.4 is 9.47 Å². The van der Waals surface area contributed by atoms with Gasteiger partial charge in [0.2, 0.25) is 0 Å². The zero-order valence-electron chi connectivity index (χ0n) is 21.1. The van der Waals surface area contributed by atoms with Crippen LogP contribution in [-0.2, 0) is 9.59 Å². The Balaban J connectivity index is 2.06. The zero-order chi connectivity index (χ0) is 25.4. The number of nitrogens with zero attached hydrogens (tertiary/aromatic N) is 2. The number of aliphatic hydroxyl groups excluding tert-OH is 1. The van der Waals surface area contributed by atoms with Crippen molar-refractivity contribution in [1.82, 2.24) is 9.80 Å². The fourth-order valence-corrected chi connectivity index (χ4v) is 4.26. The lowest BCUT2D eigenvalue weighted by Gasteiger charge is -2.28. The van der Waals surface area contributed by atoms with E-state index in [9.17, 15) is 14.7 Å². The number of likely N-dealkylation sites (N-methyl/N-ethyl adjacent to an activating group) is 1. The lowest BCUT2D eigenvalue weighted by molar-refractivity contribution is -0.140. The summed E-state index contributed by atoms with van der Waals surface area (Å²) in [5.41, 5.74) is 1.27. The van der Waals surface area contributed by atoms with Crippen LogP contribution in [0.3, 0.4) is 0 Å². The molecule has 3 rings (SSSR count). The Morgan fingerprint density at radius 3 is 2.37 bits per heavy atom. The molecular formula is C28H36N2O5. The van der Waals surface area contributed by atoms with Gasteiger partial charge in [0.1, 0.15) is 17.3 Å². The van der Waals surface area contributed by atoms with Crippen molar-refractivity contribution in [2.45, 2.75) is 39.7 Å². The predicted molar refractivity (Wildman–Crippen MR) is 137 cm³/mol. The van der Waals surface area contributed by atoms with Crippen molar-refractivity contribution < 1.29 is 24.2 Å². The third kappa shape index (κ3) is 6.03. The number of ether oxygens (including phenoxy) is 2. The van der Waals surface area contributed by atoms with Gasteiger partial charge >= 0.3 is 0 Å². The number of hydrogen-bond donors (Lipinski definition) is 1. The highest BCUT2D eigenvalue weighted by atomic mass is 16.5. The van der Waals surface area contributed by atoms with E-state index in [4.69, 9.17) is 9.47 Å². The smallest absolute Gasteiger partial charge is 0.295 e. The van der Waals surface area contributed by atoms with E-state index >= 15 is 0 Å². The molecule has 0 aliphatic carbocycles. The molecule has 1 aliphatic heterocycles. The number of carbonyl (C=O) groups excluding carboxylic acids is 2. The van der Waals surface area contributed by atoms with E-state index in [-0.39, 0.29) is 11.3 Å². The first kappa shape index (κ1) is 26.3. The summed E-state index contributed by atoms with van der Waals surface area (Å²) in [5.74, 6) is -0.169. The van der Waals surface area contributed by atoms with Crippen LogP contribution >= 0.6 is 0 Å². The number of likely N-dealkylation sites (tertiary alicyclic amines) is 1. The van der Waals surface area contributed by atoms with Gasteiger partial charge in [0.15, 0.2) is 0 Å². The van der Waals surface area contributed by atoms with Gasteiger partial charge in [-0.25, -0.2) is 0 Å². The molecule has 7 nitrogen and oxygen atoms in total. The van der Waals surface area contributed by atoms with E-state index in [0.29, 0.717) is 36.8 Å². The van der Waals surface area contributed by atoms with Gasteiger partial charge in [-0.05, 0) is 61.5 Å². The van der Waals surface area contributed by atoms with E-state index in [1.165, 1.54) is 0 Å². The largest absolute Gasteiger partial charge is 0.507 e. The van der Waals surface area contributed by atoms with Crippen LogP contribution in [0.5, 0.6) is 11.5 Å². The molecule has 7 heteroatoms. The van der Waals surface area contributed by atoms with Crippen molar-refractivity contribution in [3.8, 4) is 11.5 Å². The molecule has 1 heterocycles. The summed E-state index contributed by atoms with van der Waals surface area (Å²) in [6, 6.07) is 13.5. The van der Waals surface area contributed by atoms with E-state index < -0.39 is 17.7 Å². The number of ketones is 1. The van der Waals surface area contributed by atoms with Crippen LogP contribution in [0.4, 0.5) is 0 Å². The van der Waals surface area contributed by atoms with E-state index in [1.807, 2.05) is 24.3 Å². The Bertz CT molecular complexity index is 1040. The fraction of sp³-hybridized carbons (Fsp3) is 0.429. The Morgan fingerprint density at radius 1 is 1.03 bits per heavy atom. The number of benzene rings is 2. The molecule has 1 N–H and O–H groups in total. The molecular weight excluding hydrogens is 444 g/mol.